The fourth-order valence-corrected chi connectivity index (χ4v) is 2.32. The Morgan fingerprint density at radius 2 is 1.71 bits per heavy atom. The van der Waals surface area contributed by atoms with Crippen molar-refractivity contribution in [1.82, 2.24) is 0 Å². The molecular formula is C15H20O5S. The molecule has 3 N–H and O–H groups in total. The van der Waals surface area contributed by atoms with Crippen LogP contribution in [0, 0.1) is 0 Å². The maximum atomic E-state index is 11.2. The van der Waals surface area contributed by atoms with Gasteiger partial charge in [0.1, 0.15) is 6.10 Å². The first kappa shape index (κ1) is 17.7. The lowest BCUT2D eigenvalue weighted by Gasteiger charge is -2.21. The van der Waals surface area contributed by atoms with Gasteiger partial charge >= 0.3 is 5.97 Å². The van der Waals surface area contributed by atoms with E-state index in [9.17, 15) is 19.8 Å². The first-order valence-electron chi connectivity index (χ1n) is 6.49. The molecule has 0 heterocycles. The number of rotatable bonds is 6. The highest BCUT2D eigenvalue weighted by atomic mass is 32.2. The molecule has 21 heavy (non-hydrogen) atoms. The number of carboxylic acid groups (broad SMARTS) is 1. The van der Waals surface area contributed by atoms with E-state index in [-0.39, 0.29) is 10.9 Å². The molecule has 2 atom stereocenters. The molecule has 2 unspecified atom stereocenters. The van der Waals surface area contributed by atoms with Gasteiger partial charge in [0.05, 0.1) is 11.5 Å². The van der Waals surface area contributed by atoms with Crippen molar-refractivity contribution >= 4 is 22.8 Å². The fraction of sp³-hybridized carbons (Fsp3) is 0.467. The topological polar surface area (TPSA) is 94.8 Å². The molecule has 1 aromatic carbocycles. The van der Waals surface area contributed by atoms with Crippen molar-refractivity contribution in [2.75, 3.05) is 5.75 Å². The molecule has 0 aromatic heterocycles. The summed E-state index contributed by atoms with van der Waals surface area (Å²) >= 11 is 0.947. The van der Waals surface area contributed by atoms with Crippen molar-refractivity contribution in [3.63, 3.8) is 0 Å². The van der Waals surface area contributed by atoms with Gasteiger partial charge < -0.3 is 15.3 Å². The van der Waals surface area contributed by atoms with E-state index < -0.39 is 23.6 Å². The van der Waals surface area contributed by atoms with Crippen LogP contribution in [0.3, 0.4) is 0 Å². The molecule has 0 aliphatic carbocycles. The standard InChI is InChI=1S/C15H20O5S/c1-9(16)21-8-12(17)13(18)10-4-6-11(7-5-10)15(2,3)14(19)20/h4-7,12-13,17-18H,8H2,1-3H3,(H,19,20). The van der Waals surface area contributed by atoms with Crippen molar-refractivity contribution in [1.29, 1.82) is 0 Å². The van der Waals surface area contributed by atoms with Crippen LogP contribution in [-0.2, 0) is 15.0 Å². The number of aliphatic hydroxyl groups excluding tert-OH is 2. The second-order valence-corrected chi connectivity index (χ2v) is 6.56. The first-order chi connectivity index (χ1) is 9.66. The Morgan fingerprint density at radius 3 is 2.14 bits per heavy atom. The largest absolute Gasteiger partial charge is 0.481 e. The third kappa shape index (κ3) is 4.56. The van der Waals surface area contributed by atoms with Crippen LogP contribution < -0.4 is 0 Å². The number of hydrogen-bond donors (Lipinski definition) is 3. The van der Waals surface area contributed by atoms with E-state index in [0.29, 0.717) is 11.1 Å². The van der Waals surface area contributed by atoms with Crippen LogP contribution in [0.5, 0.6) is 0 Å². The lowest BCUT2D eigenvalue weighted by Crippen LogP contribution is -2.28. The van der Waals surface area contributed by atoms with Crippen LogP contribution >= 0.6 is 11.8 Å². The van der Waals surface area contributed by atoms with Crippen molar-refractivity contribution < 1.29 is 24.9 Å². The smallest absolute Gasteiger partial charge is 0.313 e. The summed E-state index contributed by atoms with van der Waals surface area (Å²) in [7, 11) is 0. The van der Waals surface area contributed by atoms with Crippen LogP contribution in [0.25, 0.3) is 0 Å². The van der Waals surface area contributed by atoms with E-state index in [1.165, 1.54) is 6.92 Å². The molecule has 0 aliphatic heterocycles. The third-order valence-electron chi connectivity index (χ3n) is 3.33. The van der Waals surface area contributed by atoms with E-state index in [2.05, 4.69) is 0 Å². The van der Waals surface area contributed by atoms with Crippen molar-refractivity contribution in [2.45, 2.75) is 38.4 Å². The Kier molecular flexibility index (Phi) is 5.95. The number of carboxylic acids is 1. The molecule has 5 nitrogen and oxygen atoms in total. The summed E-state index contributed by atoms with van der Waals surface area (Å²) in [5.74, 6) is -0.826. The molecule has 0 bridgehead atoms. The summed E-state index contributed by atoms with van der Waals surface area (Å²) in [6.45, 7) is 4.59. The number of aliphatic carboxylic acids is 1. The number of carbonyl (C=O) groups is 2. The number of aliphatic hydroxyl groups is 2. The zero-order chi connectivity index (χ0) is 16.2. The second-order valence-electron chi connectivity index (χ2n) is 5.37. The average Bonchev–Trinajstić information content (AvgIpc) is 2.43. The Morgan fingerprint density at radius 1 is 1.19 bits per heavy atom. The normalized spacial score (nSPS) is 14.5. The van der Waals surface area contributed by atoms with Gasteiger partial charge in [-0.3, -0.25) is 9.59 Å². The van der Waals surface area contributed by atoms with Gasteiger partial charge in [0.25, 0.3) is 0 Å². The van der Waals surface area contributed by atoms with E-state index in [1.54, 1.807) is 38.1 Å². The second kappa shape index (κ2) is 7.06. The van der Waals surface area contributed by atoms with E-state index >= 15 is 0 Å². The Labute approximate surface area is 128 Å². The zero-order valence-corrected chi connectivity index (χ0v) is 13.1. The van der Waals surface area contributed by atoms with Gasteiger partial charge in [0.2, 0.25) is 0 Å². The summed E-state index contributed by atoms with van der Waals surface area (Å²) in [4.78, 5) is 22.0. The van der Waals surface area contributed by atoms with Gasteiger partial charge in [0.15, 0.2) is 5.12 Å². The molecule has 0 amide bonds. The minimum absolute atomic E-state index is 0.110. The maximum Gasteiger partial charge on any atom is 0.313 e. The van der Waals surface area contributed by atoms with Crippen LogP contribution in [-0.4, -0.2) is 38.3 Å². The van der Waals surface area contributed by atoms with Crippen LogP contribution in [0.15, 0.2) is 24.3 Å². The summed E-state index contributed by atoms with van der Waals surface area (Å²) < 4.78 is 0. The summed E-state index contributed by atoms with van der Waals surface area (Å²) in [6, 6.07) is 6.42. The molecule has 0 saturated heterocycles. The number of benzene rings is 1. The quantitative estimate of drug-likeness (QED) is 0.740. The average molecular weight is 312 g/mol. The molecule has 0 fully saturated rings. The van der Waals surface area contributed by atoms with Gasteiger partial charge in [-0.05, 0) is 25.0 Å². The highest BCUT2D eigenvalue weighted by molar-refractivity contribution is 8.13. The molecule has 0 spiro atoms. The van der Waals surface area contributed by atoms with Crippen molar-refractivity contribution in [3.8, 4) is 0 Å². The number of hydrogen-bond acceptors (Lipinski definition) is 5. The van der Waals surface area contributed by atoms with Crippen molar-refractivity contribution in [3.05, 3.63) is 35.4 Å². The van der Waals surface area contributed by atoms with Gasteiger partial charge in [0, 0.05) is 12.7 Å². The predicted molar refractivity (Wildman–Crippen MR) is 81.2 cm³/mol. The molecular weight excluding hydrogens is 292 g/mol. The predicted octanol–water partition coefficient (Wildman–Crippen LogP) is 1.72. The molecule has 0 aliphatic rings. The molecule has 6 heteroatoms. The third-order valence-corrected chi connectivity index (χ3v) is 4.25. The maximum absolute atomic E-state index is 11.2. The van der Waals surface area contributed by atoms with Gasteiger partial charge in [-0.1, -0.05) is 36.0 Å². The highest BCUT2D eigenvalue weighted by Gasteiger charge is 2.29. The van der Waals surface area contributed by atoms with Crippen molar-refractivity contribution in [2.24, 2.45) is 0 Å². The van der Waals surface area contributed by atoms with E-state index in [1.807, 2.05) is 0 Å². The minimum Gasteiger partial charge on any atom is -0.481 e. The molecule has 0 saturated carbocycles. The van der Waals surface area contributed by atoms with Crippen LogP contribution in [0.4, 0.5) is 0 Å². The summed E-state index contributed by atoms with van der Waals surface area (Å²) in [6.07, 6.45) is -2.17. The fourth-order valence-electron chi connectivity index (χ4n) is 1.74. The molecule has 0 radical (unpaired) electrons. The van der Waals surface area contributed by atoms with E-state index in [0.717, 1.165) is 11.8 Å². The summed E-state index contributed by atoms with van der Waals surface area (Å²) in [5.41, 5.74) is 0.0715. The van der Waals surface area contributed by atoms with Gasteiger partial charge in [-0.15, -0.1) is 0 Å². The monoisotopic (exact) mass is 312 g/mol. The molecule has 1 rings (SSSR count). The number of carbonyl (C=O) groups excluding carboxylic acids is 1. The van der Waals surface area contributed by atoms with Gasteiger partial charge in [-0.25, -0.2) is 0 Å². The van der Waals surface area contributed by atoms with Crippen LogP contribution in [0.2, 0.25) is 0 Å². The minimum atomic E-state index is -1.11. The first-order valence-corrected chi connectivity index (χ1v) is 7.48. The highest BCUT2D eigenvalue weighted by Crippen LogP contribution is 2.26. The molecule has 1 aromatic rings. The van der Waals surface area contributed by atoms with Crippen LogP contribution in [0.1, 0.15) is 38.0 Å². The summed E-state index contributed by atoms with van der Waals surface area (Å²) in [5, 5.41) is 28.9. The van der Waals surface area contributed by atoms with Gasteiger partial charge in [-0.2, -0.15) is 0 Å². The van der Waals surface area contributed by atoms with E-state index in [4.69, 9.17) is 5.11 Å². The Balaban J connectivity index is 2.82. The SMILES string of the molecule is CC(=O)SCC(O)C(O)c1ccc(C(C)(C)C(=O)O)cc1. The number of thioether (sulfide) groups is 1. The Bertz CT molecular complexity index is 509. The zero-order valence-electron chi connectivity index (χ0n) is 12.2. The lowest BCUT2D eigenvalue weighted by molar-refractivity contribution is -0.142. The Hall–Kier alpha value is -1.37. The lowest BCUT2D eigenvalue weighted by atomic mass is 9.84. The molecule has 116 valence electrons.